The van der Waals surface area contributed by atoms with Gasteiger partial charge in [-0.2, -0.15) is 0 Å². The van der Waals surface area contributed by atoms with Crippen molar-refractivity contribution in [1.82, 2.24) is 9.97 Å². The summed E-state index contributed by atoms with van der Waals surface area (Å²) in [5, 5.41) is 0. The molecule has 2 N–H and O–H groups in total. The van der Waals surface area contributed by atoms with Crippen LogP contribution in [0.5, 0.6) is 0 Å². The number of anilines is 2. The van der Waals surface area contributed by atoms with E-state index in [0.717, 1.165) is 0 Å². The van der Waals surface area contributed by atoms with Crippen LogP contribution in [0.2, 0.25) is 0 Å². The minimum Gasteiger partial charge on any atom is -0.399 e. The quantitative estimate of drug-likeness (QED) is 0.841. The molecular weight excluding hydrogens is 216 g/mol. The SMILES string of the molecule is CN(C(=O)c1cc(N)ccn1)c1cccnc1. The second-order valence-corrected chi connectivity index (χ2v) is 3.55. The Balaban J connectivity index is 2.27. The summed E-state index contributed by atoms with van der Waals surface area (Å²) in [6.07, 6.45) is 4.78. The summed E-state index contributed by atoms with van der Waals surface area (Å²) in [4.78, 5) is 21.5. The van der Waals surface area contributed by atoms with E-state index in [0.29, 0.717) is 17.1 Å². The molecule has 0 unspecified atom stereocenters. The molecule has 17 heavy (non-hydrogen) atoms. The standard InChI is InChI=1S/C12H12N4O/c1-16(10-3-2-5-14-8-10)12(17)11-7-9(13)4-6-15-11/h2-8H,1H3,(H2,13,15). The highest BCUT2D eigenvalue weighted by Crippen LogP contribution is 2.13. The third-order valence-electron chi connectivity index (χ3n) is 2.34. The Labute approximate surface area is 98.9 Å². The molecule has 0 aliphatic rings. The maximum atomic E-state index is 12.1. The van der Waals surface area contributed by atoms with E-state index >= 15 is 0 Å². The Hall–Kier alpha value is -2.43. The van der Waals surface area contributed by atoms with Gasteiger partial charge in [-0.15, -0.1) is 0 Å². The summed E-state index contributed by atoms with van der Waals surface area (Å²) in [6.45, 7) is 0. The fourth-order valence-electron chi connectivity index (χ4n) is 1.41. The molecule has 0 saturated heterocycles. The Morgan fingerprint density at radius 3 is 2.82 bits per heavy atom. The monoisotopic (exact) mass is 228 g/mol. The second kappa shape index (κ2) is 4.61. The van der Waals surface area contributed by atoms with E-state index in [9.17, 15) is 4.79 Å². The van der Waals surface area contributed by atoms with Gasteiger partial charge in [-0.05, 0) is 24.3 Å². The second-order valence-electron chi connectivity index (χ2n) is 3.55. The number of carbonyl (C=O) groups is 1. The summed E-state index contributed by atoms with van der Waals surface area (Å²) in [5.74, 6) is -0.217. The highest BCUT2D eigenvalue weighted by molar-refractivity contribution is 6.04. The van der Waals surface area contributed by atoms with Crippen LogP contribution in [0.3, 0.4) is 0 Å². The normalized spacial score (nSPS) is 9.94. The average molecular weight is 228 g/mol. The largest absolute Gasteiger partial charge is 0.399 e. The lowest BCUT2D eigenvalue weighted by Crippen LogP contribution is -2.27. The molecule has 0 aromatic carbocycles. The number of hydrogen-bond donors (Lipinski definition) is 1. The number of aromatic nitrogens is 2. The number of carbonyl (C=O) groups excluding carboxylic acids is 1. The molecule has 0 bridgehead atoms. The summed E-state index contributed by atoms with van der Waals surface area (Å²) in [7, 11) is 1.67. The van der Waals surface area contributed by atoms with E-state index < -0.39 is 0 Å². The van der Waals surface area contributed by atoms with Gasteiger partial charge >= 0.3 is 0 Å². The van der Waals surface area contributed by atoms with Crippen molar-refractivity contribution in [3.8, 4) is 0 Å². The maximum Gasteiger partial charge on any atom is 0.276 e. The van der Waals surface area contributed by atoms with Crippen molar-refractivity contribution in [2.24, 2.45) is 0 Å². The molecule has 0 fully saturated rings. The van der Waals surface area contributed by atoms with Crippen molar-refractivity contribution >= 4 is 17.3 Å². The highest BCUT2D eigenvalue weighted by Gasteiger charge is 2.14. The molecule has 0 radical (unpaired) electrons. The van der Waals surface area contributed by atoms with Gasteiger partial charge in [-0.3, -0.25) is 14.8 Å². The molecule has 0 spiro atoms. The molecule has 5 nitrogen and oxygen atoms in total. The fourth-order valence-corrected chi connectivity index (χ4v) is 1.41. The van der Waals surface area contributed by atoms with Crippen molar-refractivity contribution in [2.75, 3.05) is 17.7 Å². The van der Waals surface area contributed by atoms with E-state index in [2.05, 4.69) is 9.97 Å². The predicted octanol–water partition coefficient (Wildman–Crippen LogP) is 1.34. The number of nitrogens with two attached hydrogens (primary N) is 1. The van der Waals surface area contributed by atoms with Gasteiger partial charge in [0, 0.05) is 25.1 Å². The third kappa shape index (κ3) is 2.39. The molecule has 0 aliphatic heterocycles. The molecule has 86 valence electrons. The predicted molar refractivity (Wildman–Crippen MR) is 65.6 cm³/mol. The topological polar surface area (TPSA) is 72.1 Å². The van der Waals surface area contributed by atoms with Gasteiger partial charge in [0.15, 0.2) is 0 Å². The molecule has 0 atom stereocenters. The number of nitrogen functional groups attached to an aromatic ring is 1. The van der Waals surface area contributed by atoms with Gasteiger partial charge in [-0.1, -0.05) is 0 Å². The smallest absolute Gasteiger partial charge is 0.276 e. The Morgan fingerprint density at radius 2 is 2.18 bits per heavy atom. The van der Waals surface area contributed by atoms with Crippen LogP contribution in [-0.2, 0) is 0 Å². The molecule has 2 heterocycles. The van der Waals surface area contributed by atoms with Crippen molar-refractivity contribution in [2.45, 2.75) is 0 Å². The lowest BCUT2D eigenvalue weighted by atomic mass is 10.3. The molecular formula is C12H12N4O. The van der Waals surface area contributed by atoms with Crippen molar-refractivity contribution in [3.63, 3.8) is 0 Å². The zero-order valence-electron chi connectivity index (χ0n) is 9.37. The van der Waals surface area contributed by atoms with Gasteiger partial charge < -0.3 is 10.6 Å². The van der Waals surface area contributed by atoms with Crippen LogP contribution in [0.1, 0.15) is 10.5 Å². The van der Waals surface area contributed by atoms with Gasteiger partial charge in [0.2, 0.25) is 0 Å². The molecule has 1 amide bonds. The minimum atomic E-state index is -0.217. The number of amides is 1. The van der Waals surface area contributed by atoms with E-state index in [1.54, 1.807) is 43.7 Å². The van der Waals surface area contributed by atoms with Crippen LogP contribution >= 0.6 is 0 Å². The van der Waals surface area contributed by atoms with E-state index in [-0.39, 0.29) is 5.91 Å². The molecule has 2 aromatic rings. The Kier molecular flexibility index (Phi) is 3.00. The molecule has 5 heteroatoms. The molecule has 0 saturated carbocycles. The molecule has 0 aliphatic carbocycles. The van der Waals surface area contributed by atoms with Gasteiger partial charge in [0.05, 0.1) is 11.9 Å². The first-order chi connectivity index (χ1) is 8.18. The highest BCUT2D eigenvalue weighted by atomic mass is 16.2. The van der Waals surface area contributed by atoms with Crippen LogP contribution in [-0.4, -0.2) is 22.9 Å². The minimum absolute atomic E-state index is 0.217. The fraction of sp³-hybridized carbons (Fsp3) is 0.0833. The first-order valence-corrected chi connectivity index (χ1v) is 5.08. The van der Waals surface area contributed by atoms with Crippen LogP contribution in [0.25, 0.3) is 0 Å². The van der Waals surface area contributed by atoms with Gasteiger partial charge in [-0.25, -0.2) is 0 Å². The number of hydrogen-bond acceptors (Lipinski definition) is 4. The maximum absolute atomic E-state index is 12.1. The van der Waals surface area contributed by atoms with Crippen molar-refractivity contribution in [1.29, 1.82) is 0 Å². The van der Waals surface area contributed by atoms with Gasteiger partial charge in [0.1, 0.15) is 5.69 Å². The van der Waals surface area contributed by atoms with Crippen LogP contribution in [0.15, 0.2) is 42.9 Å². The lowest BCUT2D eigenvalue weighted by molar-refractivity contribution is 0.0988. The Bertz CT molecular complexity index is 527. The Morgan fingerprint density at radius 1 is 1.35 bits per heavy atom. The molecule has 2 aromatic heterocycles. The van der Waals surface area contributed by atoms with Crippen molar-refractivity contribution in [3.05, 3.63) is 48.5 Å². The third-order valence-corrected chi connectivity index (χ3v) is 2.34. The molecule has 2 rings (SSSR count). The summed E-state index contributed by atoms with van der Waals surface area (Å²) >= 11 is 0. The number of pyridine rings is 2. The average Bonchev–Trinajstić information content (AvgIpc) is 2.38. The summed E-state index contributed by atoms with van der Waals surface area (Å²) in [5.41, 5.74) is 7.15. The van der Waals surface area contributed by atoms with E-state index in [4.69, 9.17) is 5.73 Å². The van der Waals surface area contributed by atoms with Crippen LogP contribution < -0.4 is 10.6 Å². The van der Waals surface area contributed by atoms with E-state index in [1.165, 1.54) is 11.1 Å². The summed E-state index contributed by atoms with van der Waals surface area (Å²) < 4.78 is 0. The lowest BCUT2D eigenvalue weighted by Gasteiger charge is -2.16. The number of nitrogens with zero attached hydrogens (tertiary/aromatic N) is 3. The van der Waals surface area contributed by atoms with Crippen LogP contribution in [0.4, 0.5) is 11.4 Å². The van der Waals surface area contributed by atoms with E-state index in [1.807, 2.05) is 0 Å². The van der Waals surface area contributed by atoms with Crippen LogP contribution in [0, 0.1) is 0 Å². The summed E-state index contributed by atoms with van der Waals surface area (Å²) in [6, 6.07) is 6.76. The van der Waals surface area contributed by atoms with Crippen molar-refractivity contribution < 1.29 is 4.79 Å². The first kappa shape index (κ1) is 11.1. The zero-order valence-corrected chi connectivity index (χ0v) is 9.37. The number of rotatable bonds is 2. The zero-order chi connectivity index (χ0) is 12.3. The van der Waals surface area contributed by atoms with Gasteiger partial charge in [0.25, 0.3) is 5.91 Å². The first-order valence-electron chi connectivity index (χ1n) is 5.08.